The van der Waals surface area contributed by atoms with Gasteiger partial charge in [-0.1, -0.05) is 0 Å². The second-order valence-electron chi connectivity index (χ2n) is 8.39. The molecule has 0 radical (unpaired) electrons. The molecule has 2 amide bonds. The van der Waals surface area contributed by atoms with Gasteiger partial charge in [-0.05, 0) is 63.9 Å². The van der Waals surface area contributed by atoms with Crippen LogP contribution in [-0.2, 0) is 0 Å². The van der Waals surface area contributed by atoms with Crippen LogP contribution in [0.5, 0.6) is 0 Å². The van der Waals surface area contributed by atoms with Crippen molar-refractivity contribution in [2.75, 3.05) is 23.3 Å². The first-order valence-corrected chi connectivity index (χ1v) is 9.91. The van der Waals surface area contributed by atoms with Crippen molar-refractivity contribution in [1.82, 2.24) is 5.32 Å². The van der Waals surface area contributed by atoms with Gasteiger partial charge in [0.25, 0.3) is 17.5 Å². The molecule has 1 saturated heterocycles. The van der Waals surface area contributed by atoms with E-state index in [2.05, 4.69) is 15.5 Å². The Morgan fingerprint density at radius 3 is 2.20 bits per heavy atom. The lowest BCUT2D eigenvalue weighted by Gasteiger charge is -2.21. The summed E-state index contributed by atoms with van der Waals surface area (Å²) in [5.41, 5.74) is 1.47. The van der Waals surface area contributed by atoms with Crippen LogP contribution in [-0.4, -0.2) is 35.4 Å². The Balaban J connectivity index is 1.80. The third-order valence-corrected chi connectivity index (χ3v) is 4.78. The molecule has 1 aliphatic heterocycles. The highest BCUT2D eigenvalue weighted by molar-refractivity contribution is 6.09. The summed E-state index contributed by atoms with van der Waals surface area (Å²) in [5, 5.41) is 16.9. The number of benzene rings is 2. The Morgan fingerprint density at radius 2 is 1.63 bits per heavy atom. The SMILES string of the molecule is CC(C)(C)NC(=O)c1ccc(NC(=O)c2cc([N+](=O)[O-])ccc2N2CCCC2)cc1. The van der Waals surface area contributed by atoms with Crippen LogP contribution in [0.15, 0.2) is 42.5 Å². The van der Waals surface area contributed by atoms with Crippen molar-refractivity contribution in [1.29, 1.82) is 0 Å². The number of rotatable bonds is 5. The molecule has 2 N–H and O–H groups in total. The van der Waals surface area contributed by atoms with E-state index >= 15 is 0 Å². The lowest BCUT2D eigenvalue weighted by Crippen LogP contribution is -2.40. The Bertz CT molecular complexity index is 958. The van der Waals surface area contributed by atoms with Crippen molar-refractivity contribution >= 4 is 28.9 Å². The summed E-state index contributed by atoms with van der Waals surface area (Å²) in [6.07, 6.45) is 2.05. The quantitative estimate of drug-likeness (QED) is 0.573. The van der Waals surface area contributed by atoms with Crippen molar-refractivity contribution < 1.29 is 14.5 Å². The summed E-state index contributed by atoms with van der Waals surface area (Å²) >= 11 is 0. The van der Waals surface area contributed by atoms with Crippen molar-refractivity contribution in [3.8, 4) is 0 Å². The van der Waals surface area contributed by atoms with E-state index in [-0.39, 0.29) is 22.7 Å². The highest BCUT2D eigenvalue weighted by Crippen LogP contribution is 2.29. The number of hydrogen-bond acceptors (Lipinski definition) is 5. The average Bonchev–Trinajstić information content (AvgIpc) is 3.21. The Labute approximate surface area is 175 Å². The molecule has 0 saturated carbocycles. The predicted octanol–water partition coefficient (Wildman–Crippen LogP) is 3.98. The maximum absolute atomic E-state index is 12.9. The molecule has 0 unspecified atom stereocenters. The first-order chi connectivity index (χ1) is 14.1. The number of carbonyl (C=O) groups excluding carboxylic acids is 2. The standard InChI is InChI=1S/C22H26N4O4/c1-22(2,3)24-20(27)15-6-8-16(9-7-15)23-21(28)18-14-17(26(29)30)10-11-19(18)25-12-4-5-13-25/h6-11,14H,4-5,12-13H2,1-3H3,(H,23,28)(H,24,27). The molecular weight excluding hydrogens is 384 g/mol. The monoisotopic (exact) mass is 410 g/mol. The minimum atomic E-state index is -0.507. The summed E-state index contributed by atoms with van der Waals surface area (Å²) in [5.74, 6) is -0.622. The maximum Gasteiger partial charge on any atom is 0.270 e. The van der Waals surface area contributed by atoms with Crippen LogP contribution in [0.4, 0.5) is 17.1 Å². The first-order valence-electron chi connectivity index (χ1n) is 9.91. The van der Waals surface area contributed by atoms with Crippen LogP contribution in [0.25, 0.3) is 0 Å². The fraction of sp³-hybridized carbons (Fsp3) is 0.364. The molecule has 8 nitrogen and oxygen atoms in total. The number of anilines is 2. The molecule has 1 fully saturated rings. The van der Waals surface area contributed by atoms with Crippen LogP contribution < -0.4 is 15.5 Å². The minimum absolute atomic E-state index is 0.128. The zero-order valence-electron chi connectivity index (χ0n) is 17.4. The molecule has 158 valence electrons. The Morgan fingerprint density at radius 1 is 1.00 bits per heavy atom. The summed E-state index contributed by atoms with van der Waals surface area (Å²) in [6.45, 7) is 7.33. The fourth-order valence-corrected chi connectivity index (χ4v) is 3.37. The average molecular weight is 410 g/mol. The smallest absolute Gasteiger partial charge is 0.270 e. The van der Waals surface area contributed by atoms with Gasteiger partial charge in [-0.3, -0.25) is 19.7 Å². The molecule has 3 rings (SSSR count). The molecule has 2 aromatic carbocycles. The topological polar surface area (TPSA) is 105 Å². The molecule has 0 bridgehead atoms. The molecule has 1 aliphatic rings. The van der Waals surface area contributed by atoms with Gasteiger partial charge >= 0.3 is 0 Å². The number of hydrogen-bond donors (Lipinski definition) is 2. The van der Waals surface area contributed by atoms with Crippen molar-refractivity contribution in [2.45, 2.75) is 39.2 Å². The maximum atomic E-state index is 12.9. The van der Waals surface area contributed by atoms with Gasteiger partial charge in [-0.15, -0.1) is 0 Å². The number of amides is 2. The number of nitrogens with one attached hydrogen (secondary N) is 2. The Hall–Kier alpha value is -3.42. The van der Waals surface area contributed by atoms with E-state index in [4.69, 9.17) is 0 Å². The van der Waals surface area contributed by atoms with Gasteiger partial charge in [-0.2, -0.15) is 0 Å². The number of nitrogens with zero attached hydrogens (tertiary/aromatic N) is 2. The van der Waals surface area contributed by atoms with E-state index < -0.39 is 10.8 Å². The van der Waals surface area contributed by atoms with Gasteiger partial charge in [-0.25, -0.2) is 0 Å². The number of nitro groups is 1. The summed E-state index contributed by atoms with van der Waals surface area (Å²) < 4.78 is 0. The molecule has 0 spiro atoms. The largest absolute Gasteiger partial charge is 0.371 e. The third-order valence-electron chi connectivity index (χ3n) is 4.78. The normalized spacial score (nSPS) is 13.8. The molecular formula is C22H26N4O4. The van der Waals surface area contributed by atoms with Crippen LogP contribution in [0.3, 0.4) is 0 Å². The first kappa shape index (κ1) is 21.3. The number of carbonyl (C=O) groups is 2. The molecule has 30 heavy (non-hydrogen) atoms. The van der Waals surface area contributed by atoms with Crippen LogP contribution in [0.2, 0.25) is 0 Å². The molecule has 0 atom stereocenters. The van der Waals surface area contributed by atoms with Crippen LogP contribution in [0.1, 0.15) is 54.3 Å². The van der Waals surface area contributed by atoms with Crippen molar-refractivity contribution in [3.63, 3.8) is 0 Å². The van der Waals surface area contributed by atoms with Gasteiger partial charge in [0.2, 0.25) is 0 Å². The number of nitro benzene ring substituents is 1. The summed E-state index contributed by atoms with van der Waals surface area (Å²) in [4.78, 5) is 37.9. The summed E-state index contributed by atoms with van der Waals surface area (Å²) in [6, 6.07) is 10.9. The van der Waals surface area contributed by atoms with Gasteiger partial charge in [0.05, 0.1) is 16.2 Å². The zero-order valence-corrected chi connectivity index (χ0v) is 17.4. The lowest BCUT2D eigenvalue weighted by atomic mass is 10.1. The third kappa shape index (κ3) is 5.14. The van der Waals surface area contributed by atoms with E-state index in [1.807, 2.05) is 20.8 Å². The van der Waals surface area contributed by atoms with E-state index in [1.165, 1.54) is 12.1 Å². The van der Waals surface area contributed by atoms with Crippen LogP contribution >= 0.6 is 0 Å². The van der Waals surface area contributed by atoms with Gasteiger partial charge in [0.15, 0.2) is 0 Å². The molecule has 1 heterocycles. The van der Waals surface area contributed by atoms with E-state index in [1.54, 1.807) is 30.3 Å². The van der Waals surface area contributed by atoms with Gasteiger partial charge < -0.3 is 15.5 Å². The Kier molecular flexibility index (Phi) is 6.05. The van der Waals surface area contributed by atoms with Gasteiger partial charge in [0.1, 0.15) is 0 Å². The van der Waals surface area contributed by atoms with Crippen molar-refractivity contribution in [3.05, 3.63) is 63.7 Å². The summed E-state index contributed by atoms with van der Waals surface area (Å²) in [7, 11) is 0. The van der Waals surface area contributed by atoms with Gasteiger partial charge in [0, 0.05) is 42.0 Å². The predicted molar refractivity (Wildman–Crippen MR) is 116 cm³/mol. The minimum Gasteiger partial charge on any atom is -0.371 e. The molecule has 2 aromatic rings. The van der Waals surface area contributed by atoms with E-state index in [9.17, 15) is 19.7 Å². The highest BCUT2D eigenvalue weighted by Gasteiger charge is 2.23. The van der Waals surface area contributed by atoms with Crippen molar-refractivity contribution in [2.24, 2.45) is 0 Å². The van der Waals surface area contributed by atoms with E-state index in [0.29, 0.717) is 16.9 Å². The number of non-ortho nitro benzene ring substituents is 1. The second-order valence-corrected chi connectivity index (χ2v) is 8.39. The molecule has 8 heteroatoms. The van der Waals surface area contributed by atoms with Crippen LogP contribution in [0, 0.1) is 10.1 Å². The second kappa shape index (κ2) is 8.52. The fourth-order valence-electron chi connectivity index (χ4n) is 3.37. The highest BCUT2D eigenvalue weighted by atomic mass is 16.6. The lowest BCUT2D eigenvalue weighted by molar-refractivity contribution is -0.384. The molecule has 0 aliphatic carbocycles. The molecule has 0 aromatic heterocycles. The van der Waals surface area contributed by atoms with E-state index in [0.717, 1.165) is 25.9 Å². The zero-order chi connectivity index (χ0) is 21.9.